The van der Waals surface area contributed by atoms with Gasteiger partial charge < -0.3 is 29.6 Å². The molecule has 73 valence electrons. The molecule has 13 heavy (non-hydrogen) atoms. The molecule has 0 atom stereocenters. The molecule has 0 spiro atoms. The maximum Gasteiger partial charge on any atom is 3.00 e. The van der Waals surface area contributed by atoms with Crippen LogP contribution in [0, 0.1) is 6.08 Å². The van der Waals surface area contributed by atoms with Crippen LogP contribution in [0.4, 0.5) is 0 Å². The van der Waals surface area contributed by atoms with E-state index >= 15 is 0 Å². The molecule has 1 radical (unpaired) electrons. The van der Waals surface area contributed by atoms with Gasteiger partial charge in [-0.15, -0.1) is 6.42 Å². The van der Waals surface area contributed by atoms with Crippen LogP contribution >= 0.6 is 0 Å². The van der Waals surface area contributed by atoms with E-state index in [9.17, 15) is 0 Å². The number of ether oxygens (including phenoxy) is 1. The summed E-state index contributed by atoms with van der Waals surface area (Å²) in [5.41, 5.74) is 0. The Labute approximate surface area is 108 Å². The van der Waals surface area contributed by atoms with Crippen molar-refractivity contribution in [3.63, 3.8) is 0 Å². The van der Waals surface area contributed by atoms with E-state index in [1.165, 1.54) is 12.8 Å². The standard InChI is InChI=1S/C5H5.C4H8O.2ClH.Ti/c2*1-2-4-5-3-1;;;/h1-3H,4H2;1-4H2;2*1H;/q-1;;;;+3/p-2. The first-order valence-corrected chi connectivity index (χ1v) is 3.79. The number of halogens is 2. The van der Waals surface area contributed by atoms with E-state index in [1.54, 1.807) is 0 Å². The van der Waals surface area contributed by atoms with Crippen LogP contribution in [0.3, 0.4) is 0 Å². The summed E-state index contributed by atoms with van der Waals surface area (Å²) < 4.78 is 4.94. The molecule has 0 unspecified atom stereocenters. The molecular formula is C9H13Cl2OTi. The Balaban J connectivity index is -0.000000125. The summed E-state index contributed by atoms with van der Waals surface area (Å²) in [5, 5.41) is 0. The van der Waals surface area contributed by atoms with Crippen molar-refractivity contribution in [2.45, 2.75) is 19.3 Å². The predicted molar refractivity (Wildman–Crippen MR) is 41.6 cm³/mol. The number of hydrogen-bond acceptors (Lipinski definition) is 1. The molecule has 0 saturated carbocycles. The Morgan fingerprint density at radius 1 is 1.08 bits per heavy atom. The molecule has 0 aromatic heterocycles. The Morgan fingerprint density at radius 3 is 1.85 bits per heavy atom. The molecule has 4 heteroatoms. The second-order valence-electron chi connectivity index (χ2n) is 2.32. The molecule has 0 N–H and O–H groups in total. The molecule has 0 aromatic carbocycles. The second kappa shape index (κ2) is 15.2. The van der Waals surface area contributed by atoms with Gasteiger partial charge in [-0.05, 0) is 12.8 Å². The van der Waals surface area contributed by atoms with Crippen molar-refractivity contribution in [2.75, 3.05) is 13.2 Å². The van der Waals surface area contributed by atoms with E-state index in [1.807, 2.05) is 12.2 Å². The van der Waals surface area contributed by atoms with Crippen LogP contribution in [0.1, 0.15) is 19.3 Å². The fourth-order valence-electron chi connectivity index (χ4n) is 0.851. The zero-order valence-electron chi connectivity index (χ0n) is 7.43. The Morgan fingerprint density at radius 2 is 1.69 bits per heavy atom. The third kappa shape index (κ3) is 12.7. The first kappa shape index (κ1) is 19.3. The summed E-state index contributed by atoms with van der Waals surface area (Å²) in [5.74, 6) is 0. The average Bonchev–Trinajstić information content (AvgIpc) is 2.67. The van der Waals surface area contributed by atoms with Crippen molar-refractivity contribution < 1.29 is 51.3 Å². The van der Waals surface area contributed by atoms with Gasteiger partial charge in [-0.25, -0.2) is 12.2 Å². The van der Waals surface area contributed by atoms with Gasteiger partial charge in [-0.2, -0.15) is 6.08 Å². The molecule has 0 amide bonds. The van der Waals surface area contributed by atoms with E-state index in [4.69, 9.17) is 4.74 Å². The van der Waals surface area contributed by atoms with E-state index in [0.29, 0.717) is 0 Å². The summed E-state index contributed by atoms with van der Waals surface area (Å²) in [6, 6.07) is 0. The number of rotatable bonds is 0. The van der Waals surface area contributed by atoms with Gasteiger partial charge in [0.15, 0.2) is 0 Å². The molecule has 0 bridgehead atoms. The predicted octanol–water partition coefficient (Wildman–Crippen LogP) is -3.89. The first-order valence-electron chi connectivity index (χ1n) is 3.79. The summed E-state index contributed by atoms with van der Waals surface area (Å²) in [6.07, 6.45) is 12.6. The van der Waals surface area contributed by atoms with Crippen molar-refractivity contribution in [3.05, 3.63) is 24.3 Å². The molecule has 0 aromatic rings. The monoisotopic (exact) mass is 255 g/mol. The van der Waals surface area contributed by atoms with Crippen LogP contribution < -0.4 is 24.8 Å². The van der Waals surface area contributed by atoms with Gasteiger partial charge in [0.2, 0.25) is 0 Å². The Kier molecular flexibility index (Phi) is 22.6. The van der Waals surface area contributed by atoms with Crippen LogP contribution in [0.15, 0.2) is 18.2 Å². The van der Waals surface area contributed by atoms with Gasteiger partial charge in [0.1, 0.15) is 0 Å². The van der Waals surface area contributed by atoms with Crippen molar-refractivity contribution >= 4 is 0 Å². The second-order valence-corrected chi connectivity index (χ2v) is 2.32. The largest absolute Gasteiger partial charge is 3.00 e. The molecular weight excluding hydrogens is 243 g/mol. The minimum absolute atomic E-state index is 0. The zero-order chi connectivity index (χ0) is 7.07. The van der Waals surface area contributed by atoms with Gasteiger partial charge >= 0.3 is 21.7 Å². The quantitative estimate of drug-likeness (QED) is 0.318. The topological polar surface area (TPSA) is 9.23 Å². The van der Waals surface area contributed by atoms with E-state index < -0.39 is 0 Å². The molecule has 2 rings (SSSR count). The maximum absolute atomic E-state index is 4.94. The molecule has 1 nitrogen and oxygen atoms in total. The van der Waals surface area contributed by atoms with E-state index in [2.05, 4.69) is 12.2 Å². The number of allylic oxidation sites excluding steroid dienone is 4. The smallest absolute Gasteiger partial charge is 1.00 e. The van der Waals surface area contributed by atoms with Crippen LogP contribution in [-0.4, -0.2) is 13.2 Å². The summed E-state index contributed by atoms with van der Waals surface area (Å²) in [4.78, 5) is 0. The SMILES string of the molecule is C1CCOC1.[C-]1=CC=CC1.[Cl-].[Cl-].[Ti+3]. The van der Waals surface area contributed by atoms with Gasteiger partial charge in [0, 0.05) is 13.2 Å². The van der Waals surface area contributed by atoms with Gasteiger partial charge in [-0.3, -0.25) is 6.08 Å². The fraction of sp³-hybridized carbons (Fsp3) is 0.556. The maximum atomic E-state index is 4.94. The first-order chi connectivity index (χ1) is 5.00. The summed E-state index contributed by atoms with van der Waals surface area (Å²) >= 11 is 0. The minimum Gasteiger partial charge on any atom is -1.00 e. The minimum atomic E-state index is 0. The molecule has 1 aliphatic heterocycles. The van der Waals surface area contributed by atoms with E-state index in [-0.39, 0.29) is 46.5 Å². The van der Waals surface area contributed by atoms with Crippen LogP contribution in [-0.2, 0) is 26.5 Å². The molecule has 1 fully saturated rings. The van der Waals surface area contributed by atoms with Crippen LogP contribution in [0.5, 0.6) is 0 Å². The van der Waals surface area contributed by atoms with Gasteiger partial charge in [0.25, 0.3) is 0 Å². The summed E-state index contributed by atoms with van der Waals surface area (Å²) in [7, 11) is 0. The van der Waals surface area contributed by atoms with Crippen molar-refractivity contribution in [1.29, 1.82) is 0 Å². The molecule has 1 saturated heterocycles. The van der Waals surface area contributed by atoms with Crippen molar-refractivity contribution in [1.82, 2.24) is 0 Å². The zero-order valence-corrected chi connectivity index (χ0v) is 10.5. The molecule has 2 aliphatic rings. The normalized spacial score (nSPS) is 16.0. The fourth-order valence-corrected chi connectivity index (χ4v) is 0.851. The van der Waals surface area contributed by atoms with Gasteiger partial charge in [0.05, 0.1) is 0 Å². The molecule has 1 heterocycles. The van der Waals surface area contributed by atoms with Crippen LogP contribution in [0.25, 0.3) is 0 Å². The van der Waals surface area contributed by atoms with Gasteiger partial charge in [-0.1, -0.05) is 0 Å². The van der Waals surface area contributed by atoms with Crippen LogP contribution in [0.2, 0.25) is 0 Å². The van der Waals surface area contributed by atoms with Crippen molar-refractivity contribution in [2.24, 2.45) is 0 Å². The Bertz CT molecular complexity index is 116. The third-order valence-electron chi connectivity index (χ3n) is 1.41. The third-order valence-corrected chi connectivity index (χ3v) is 1.41. The Hall–Kier alpha value is 0.734. The van der Waals surface area contributed by atoms with E-state index in [0.717, 1.165) is 19.6 Å². The number of hydrogen-bond donors (Lipinski definition) is 0. The summed E-state index contributed by atoms with van der Waals surface area (Å²) in [6.45, 7) is 2.00. The van der Waals surface area contributed by atoms with Crippen molar-refractivity contribution in [3.8, 4) is 0 Å². The average molecular weight is 256 g/mol. The molecule has 1 aliphatic carbocycles.